The quantitative estimate of drug-likeness (QED) is 0.386. The lowest BCUT2D eigenvalue weighted by Crippen LogP contribution is -2.14. The molecule has 0 bridgehead atoms. The maximum absolute atomic E-state index is 12.5. The van der Waals surface area contributed by atoms with Crippen molar-refractivity contribution in [2.24, 2.45) is 0 Å². The third kappa shape index (κ3) is 4.43. The number of hydrogen-bond acceptors (Lipinski definition) is 4. The fourth-order valence-corrected chi connectivity index (χ4v) is 4.61. The minimum Gasteiger partial charge on any atom is -0.326 e. The molecule has 0 saturated heterocycles. The first-order valence-corrected chi connectivity index (χ1v) is 11.0. The average Bonchev–Trinajstić information content (AvgIpc) is 3.14. The molecule has 0 radical (unpaired) electrons. The summed E-state index contributed by atoms with van der Waals surface area (Å²) in [6.07, 6.45) is 0.364. The minimum atomic E-state index is -0.0163. The molecular formula is C23H20N2OS2. The van der Waals surface area contributed by atoms with E-state index in [9.17, 15) is 4.79 Å². The fourth-order valence-electron chi connectivity index (χ4n) is 2.99. The average molecular weight is 405 g/mol. The van der Waals surface area contributed by atoms with E-state index in [1.54, 1.807) is 23.1 Å². The van der Waals surface area contributed by atoms with Crippen molar-refractivity contribution < 1.29 is 4.79 Å². The summed E-state index contributed by atoms with van der Waals surface area (Å²) in [7, 11) is 0. The molecule has 28 heavy (non-hydrogen) atoms. The van der Waals surface area contributed by atoms with Gasteiger partial charge < -0.3 is 5.32 Å². The topological polar surface area (TPSA) is 42.0 Å². The number of nitrogens with zero attached hydrogens (tertiary/aromatic N) is 1. The molecule has 0 spiro atoms. The van der Waals surface area contributed by atoms with E-state index >= 15 is 0 Å². The zero-order chi connectivity index (χ0) is 19.3. The highest BCUT2D eigenvalue weighted by Crippen LogP contribution is 2.31. The van der Waals surface area contributed by atoms with Crippen molar-refractivity contribution in [3.05, 3.63) is 78.4 Å². The molecule has 0 unspecified atom stereocenters. The molecule has 4 rings (SSSR count). The number of hydrogen-bond donors (Lipinski definition) is 1. The molecule has 5 heteroatoms. The first kappa shape index (κ1) is 18.7. The van der Waals surface area contributed by atoms with Gasteiger partial charge in [-0.1, -0.05) is 43.3 Å². The van der Waals surface area contributed by atoms with Crippen LogP contribution < -0.4 is 5.32 Å². The summed E-state index contributed by atoms with van der Waals surface area (Å²) in [5, 5.41) is 3.97. The number of carbonyl (C=O) groups is 1. The predicted molar refractivity (Wildman–Crippen MR) is 120 cm³/mol. The SMILES string of the molecule is CCSc1ccc(CC(=O)Nc2cccc(-c3nc4ccccc4s3)c2)cc1. The Hall–Kier alpha value is -2.63. The van der Waals surface area contributed by atoms with Crippen molar-refractivity contribution in [3.8, 4) is 10.6 Å². The highest BCUT2D eigenvalue weighted by atomic mass is 32.2. The van der Waals surface area contributed by atoms with Crippen molar-refractivity contribution in [3.63, 3.8) is 0 Å². The number of carbonyl (C=O) groups excluding carboxylic acids is 1. The van der Waals surface area contributed by atoms with Gasteiger partial charge in [0.05, 0.1) is 16.6 Å². The number of para-hydroxylation sites is 1. The summed E-state index contributed by atoms with van der Waals surface area (Å²) in [6.45, 7) is 2.13. The molecule has 1 amide bonds. The lowest BCUT2D eigenvalue weighted by molar-refractivity contribution is -0.115. The Kier molecular flexibility index (Phi) is 5.74. The molecule has 4 aromatic rings. The van der Waals surface area contributed by atoms with Gasteiger partial charge in [-0.15, -0.1) is 23.1 Å². The predicted octanol–water partition coefficient (Wildman–Crippen LogP) is 6.26. The van der Waals surface area contributed by atoms with Crippen LogP contribution in [0.3, 0.4) is 0 Å². The molecule has 140 valence electrons. The maximum Gasteiger partial charge on any atom is 0.228 e. The monoisotopic (exact) mass is 404 g/mol. The molecule has 0 aliphatic carbocycles. The number of nitrogens with one attached hydrogen (secondary N) is 1. The van der Waals surface area contributed by atoms with Gasteiger partial charge in [-0.25, -0.2) is 4.98 Å². The molecule has 0 aliphatic heterocycles. The van der Waals surface area contributed by atoms with Crippen molar-refractivity contribution in [2.75, 3.05) is 11.1 Å². The summed E-state index contributed by atoms with van der Waals surface area (Å²) in [5.74, 6) is 1.03. The van der Waals surface area contributed by atoms with Gasteiger partial charge in [0.15, 0.2) is 0 Å². The Balaban J connectivity index is 1.46. The van der Waals surface area contributed by atoms with E-state index in [4.69, 9.17) is 4.98 Å². The second-order valence-corrected chi connectivity index (χ2v) is 8.74. The van der Waals surface area contributed by atoms with E-state index in [1.165, 1.54) is 4.90 Å². The number of thioether (sulfide) groups is 1. The van der Waals surface area contributed by atoms with E-state index in [2.05, 4.69) is 30.4 Å². The van der Waals surface area contributed by atoms with Gasteiger partial charge in [0, 0.05) is 16.1 Å². The standard InChI is InChI=1S/C23H20N2OS2/c1-2-27-19-12-10-16(11-13-19)14-22(26)24-18-7-5-6-17(15-18)23-25-20-8-3-4-9-21(20)28-23/h3-13,15H,2,14H2,1H3,(H,24,26). The highest BCUT2D eigenvalue weighted by Gasteiger charge is 2.09. The fraction of sp³-hybridized carbons (Fsp3) is 0.130. The first-order valence-electron chi connectivity index (χ1n) is 9.19. The maximum atomic E-state index is 12.5. The van der Waals surface area contributed by atoms with Gasteiger partial charge in [0.2, 0.25) is 5.91 Å². The smallest absolute Gasteiger partial charge is 0.228 e. The van der Waals surface area contributed by atoms with Crippen LogP contribution >= 0.6 is 23.1 Å². The van der Waals surface area contributed by atoms with E-state index in [0.717, 1.165) is 37.8 Å². The number of anilines is 1. The van der Waals surface area contributed by atoms with Gasteiger partial charge in [0.25, 0.3) is 0 Å². The van der Waals surface area contributed by atoms with Gasteiger partial charge in [-0.05, 0) is 47.7 Å². The lowest BCUT2D eigenvalue weighted by Gasteiger charge is -2.07. The Morgan fingerprint density at radius 1 is 1.04 bits per heavy atom. The molecular weight excluding hydrogens is 384 g/mol. The molecule has 0 saturated carbocycles. The molecule has 3 aromatic carbocycles. The zero-order valence-corrected chi connectivity index (χ0v) is 17.1. The summed E-state index contributed by atoms with van der Waals surface area (Å²) < 4.78 is 1.16. The third-order valence-electron chi connectivity index (χ3n) is 4.29. The van der Waals surface area contributed by atoms with Crippen LogP contribution in [0.4, 0.5) is 5.69 Å². The van der Waals surface area contributed by atoms with Crippen molar-refractivity contribution in [2.45, 2.75) is 18.2 Å². The summed E-state index contributed by atoms with van der Waals surface area (Å²) in [5.41, 5.74) is 3.82. The number of aromatic nitrogens is 1. The summed E-state index contributed by atoms with van der Waals surface area (Å²) >= 11 is 3.46. The van der Waals surface area contributed by atoms with E-state index in [-0.39, 0.29) is 5.91 Å². The Morgan fingerprint density at radius 3 is 2.64 bits per heavy atom. The van der Waals surface area contributed by atoms with Crippen molar-refractivity contribution >= 4 is 44.9 Å². The molecule has 0 atom stereocenters. The third-order valence-corrected chi connectivity index (χ3v) is 6.27. The highest BCUT2D eigenvalue weighted by molar-refractivity contribution is 7.99. The number of fused-ring (bicyclic) bond motifs is 1. The van der Waals surface area contributed by atoms with Gasteiger partial charge in [-0.2, -0.15) is 0 Å². The minimum absolute atomic E-state index is 0.0163. The van der Waals surface area contributed by atoms with E-state index < -0.39 is 0 Å². The molecule has 1 heterocycles. The van der Waals surface area contributed by atoms with Crippen LogP contribution in [0.5, 0.6) is 0 Å². The Labute approximate surface area is 172 Å². The van der Waals surface area contributed by atoms with Crippen LogP contribution in [0.1, 0.15) is 12.5 Å². The van der Waals surface area contributed by atoms with Gasteiger partial charge in [0.1, 0.15) is 5.01 Å². The number of benzene rings is 3. The summed E-state index contributed by atoms with van der Waals surface area (Å²) in [4.78, 5) is 18.4. The van der Waals surface area contributed by atoms with Gasteiger partial charge >= 0.3 is 0 Å². The Morgan fingerprint density at radius 2 is 1.86 bits per heavy atom. The molecule has 1 N–H and O–H groups in total. The molecule has 3 nitrogen and oxygen atoms in total. The lowest BCUT2D eigenvalue weighted by atomic mass is 10.1. The van der Waals surface area contributed by atoms with Gasteiger partial charge in [-0.3, -0.25) is 4.79 Å². The van der Waals surface area contributed by atoms with Crippen molar-refractivity contribution in [1.29, 1.82) is 0 Å². The normalized spacial score (nSPS) is 10.9. The largest absolute Gasteiger partial charge is 0.326 e. The molecule has 0 aliphatic rings. The zero-order valence-electron chi connectivity index (χ0n) is 15.5. The van der Waals surface area contributed by atoms with E-state index in [1.807, 2.05) is 54.6 Å². The van der Waals surface area contributed by atoms with Crippen LogP contribution in [0, 0.1) is 0 Å². The first-order chi connectivity index (χ1) is 13.7. The van der Waals surface area contributed by atoms with E-state index in [0.29, 0.717) is 6.42 Å². The second kappa shape index (κ2) is 8.59. The van der Waals surface area contributed by atoms with Crippen LogP contribution in [0.25, 0.3) is 20.8 Å². The summed E-state index contributed by atoms with van der Waals surface area (Å²) in [6, 6.07) is 24.2. The van der Waals surface area contributed by atoms with Crippen LogP contribution in [-0.2, 0) is 11.2 Å². The van der Waals surface area contributed by atoms with Crippen LogP contribution in [0.15, 0.2) is 77.7 Å². The van der Waals surface area contributed by atoms with Crippen LogP contribution in [-0.4, -0.2) is 16.6 Å². The number of amides is 1. The van der Waals surface area contributed by atoms with Crippen molar-refractivity contribution in [1.82, 2.24) is 4.98 Å². The second-order valence-electron chi connectivity index (χ2n) is 6.37. The molecule has 0 fully saturated rings. The Bertz CT molecular complexity index is 1070. The molecule has 1 aromatic heterocycles. The van der Waals surface area contributed by atoms with Crippen LogP contribution in [0.2, 0.25) is 0 Å². The number of rotatable bonds is 6. The number of thiazole rings is 1.